The van der Waals surface area contributed by atoms with Gasteiger partial charge in [0.05, 0.1) is 11.6 Å². The summed E-state index contributed by atoms with van der Waals surface area (Å²) in [6, 6.07) is 7.69. The molecule has 4 nitrogen and oxygen atoms in total. The maximum absolute atomic E-state index is 12.8. The Hall–Kier alpha value is -1.78. The highest BCUT2D eigenvalue weighted by Crippen LogP contribution is 2.29. The molecule has 110 valence electrons. The van der Waals surface area contributed by atoms with Crippen LogP contribution in [-0.4, -0.2) is 35.4 Å². The highest BCUT2D eigenvalue weighted by molar-refractivity contribution is 6.31. The van der Waals surface area contributed by atoms with E-state index in [1.807, 2.05) is 42.3 Å². The van der Waals surface area contributed by atoms with Crippen molar-refractivity contribution in [1.29, 1.82) is 0 Å². The predicted octanol–water partition coefficient (Wildman–Crippen LogP) is 2.76. The van der Waals surface area contributed by atoms with Crippen LogP contribution in [0.2, 0.25) is 5.02 Å². The van der Waals surface area contributed by atoms with Gasteiger partial charge in [-0.25, -0.2) is 0 Å². The summed E-state index contributed by atoms with van der Waals surface area (Å²) >= 11 is 6.31. The first-order valence-electron chi connectivity index (χ1n) is 7.08. The number of amides is 1. The van der Waals surface area contributed by atoms with Gasteiger partial charge in [0.25, 0.3) is 5.91 Å². The van der Waals surface area contributed by atoms with Gasteiger partial charge in [0, 0.05) is 37.1 Å². The van der Waals surface area contributed by atoms with Crippen LogP contribution in [0.5, 0.6) is 0 Å². The summed E-state index contributed by atoms with van der Waals surface area (Å²) in [6.45, 7) is 4.14. The van der Waals surface area contributed by atoms with Gasteiger partial charge in [0.1, 0.15) is 0 Å². The second kappa shape index (κ2) is 5.92. The number of aromatic amines is 1. The van der Waals surface area contributed by atoms with Gasteiger partial charge in [-0.05, 0) is 24.1 Å². The molecule has 3 rings (SSSR count). The molecule has 21 heavy (non-hydrogen) atoms. The Balaban J connectivity index is 1.94. The van der Waals surface area contributed by atoms with E-state index in [1.54, 1.807) is 6.20 Å². The minimum Gasteiger partial charge on any atom is -0.367 e. The molecule has 1 aromatic heterocycles. The number of halogens is 1. The zero-order chi connectivity index (χ0) is 14.8. The second-order valence-corrected chi connectivity index (χ2v) is 5.70. The van der Waals surface area contributed by atoms with Crippen molar-refractivity contribution in [1.82, 2.24) is 15.2 Å². The maximum Gasteiger partial charge on any atom is 0.256 e. The molecule has 1 fully saturated rings. The smallest absolute Gasteiger partial charge is 0.256 e. The second-order valence-electron chi connectivity index (χ2n) is 5.29. The van der Waals surface area contributed by atoms with E-state index in [1.165, 1.54) is 0 Å². The molecule has 0 saturated carbocycles. The van der Waals surface area contributed by atoms with Crippen LogP contribution in [0, 0.1) is 6.92 Å². The predicted molar refractivity (Wildman–Crippen MR) is 83.6 cm³/mol. The minimum absolute atomic E-state index is 0.0331. The zero-order valence-corrected chi connectivity index (χ0v) is 12.7. The molecule has 2 heterocycles. The van der Waals surface area contributed by atoms with Gasteiger partial charge in [0.15, 0.2) is 0 Å². The summed E-state index contributed by atoms with van der Waals surface area (Å²) in [7, 11) is 0. The average molecular weight is 304 g/mol. The number of H-pyrrole nitrogens is 1. The molecule has 0 aliphatic carbocycles. The summed E-state index contributed by atoms with van der Waals surface area (Å²) in [5.74, 6) is 0.0557. The largest absolute Gasteiger partial charge is 0.367 e. The fourth-order valence-corrected chi connectivity index (χ4v) is 3.06. The highest BCUT2D eigenvalue weighted by Gasteiger charge is 2.30. The van der Waals surface area contributed by atoms with E-state index >= 15 is 0 Å². The van der Waals surface area contributed by atoms with Crippen molar-refractivity contribution in [2.24, 2.45) is 0 Å². The van der Waals surface area contributed by atoms with Crippen LogP contribution in [0.3, 0.4) is 0 Å². The monoisotopic (exact) mass is 303 g/mol. The number of aryl methyl sites for hydroxylation is 1. The summed E-state index contributed by atoms with van der Waals surface area (Å²) < 4.78 is 0. The third kappa shape index (κ3) is 2.69. The number of aromatic nitrogens is 1. The number of hydrogen-bond donors (Lipinski definition) is 2. The Labute approximate surface area is 129 Å². The third-order valence-electron chi connectivity index (χ3n) is 3.95. The lowest BCUT2D eigenvalue weighted by Gasteiger charge is -2.37. The van der Waals surface area contributed by atoms with Crippen LogP contribution < -0.4 is 5.32 Å². The number of nitrogens with zero attached hydrogens (tertiary/aromatic N) is 1. The van der Waals surface area contributed by atoms with Crippen LogP contribution in [-0.2, 0) is 0 Å². The first-order chi connectivity index (χ1) is 10.2. The van der Waals surface area contributed by atoms with E-state index in [4.69, 9.17) is 11.6 Å². The number of piperazine rings is 1. The van der Waals surface area contributed by atoms with Gasteiger partial charge in [-0.3, -0.25) is 4.79 Å². The van der Waals surface area contributed by atoms with Crippen LogP contribution in [0.4, 0.5) is 0 Å². The number of nitrogens with one attached hydrogen (secondary N) is 2. The minimum atomic E-state index is -0.0331. The molecule has 0 spiro atoms. The fourth-order valence-electron chi connectivity index (χ4n) is 2.80. The van der Waals surface area contributed by atoms with Crippen LogP contribution >= 0.6 is 11.6 Å². The normalized spacial score (nSPS) is 18.8. The van der Waals surface area contributed by atoms with Crippen LogP contribution in [0.25, 0.3) is 0 Å². The molecule has 5 heteroatoms. The molecular weight excluding hydrogens is 286 g/mol. The standard InChI is InChI=1S/C16H18ClN3O/c1-11-8-19-9-13(11)16(21)20-7-6-18-10-15(20)12-4-2-3-5-14(12)17/h2-5,8-9,15,18-19H,6-7,10H2,1H3. The maximum atomic E-state index is 12.8. The summed E-state index contributed by atoms with van der Waals surface area (Å²) in [5, 5.41) is 4.05. The van der Waals surface area contributed by atoms with E-state index in [-0.39, 0.29) is 11.9 Å². The Morgan fingerprint density at radius 3 is 2.86 bits per heavy atom. The molecule has 1 unspecified atom stereocenters. The van der Waals surface area contributed by atoms with Gasteiger partial charge in [-0.1, -0.05) is 29.8 Å². The molecule has 1 aliphatic heterocycles. The average Bonchev–Trinajstić information content (AvgIpc) is 2.93. The van der Waals surface area contributed by atoms with Crippen LogP contribution in [0.15, 0.2) is 36.7 Å². The van der Waals surface area contributed by atoms with E-state index in [0.717, 1.165) is 29.8 Å². The van der Waals surface area contributed by atoms with Crippen molar-refractivity contribution in [2.75, 3.05) is 19.6 Å². The number of carbonyl (C=O) groups is 1. The van der Waals surface area contributed by atoms with E-state index < -0.39 is 0 Å². The SMILES string of the molecule is Cc1c[nH]cc1C(=O)N1CCNCC1c1ccccc1Cl. The van der Waals surface area contributed by atoms with E-state index in [0.29, 0.717) is 11.6 Å². The topological polar surface area (TPSA) is 48.1 Å². The summed E-state index contributed by atoms with van der Waals surface area (Å²) in [5.41, 5.74) is 2.69. The summed E-state index contributed by atoms with van der Waals surface area (Å²) in [4.78, 5) is 17.7. The zero-order valence-electron chi connectivity index (χ0n) is 11.9. The van der Waals surface area contributed by atoms with E-state index in [9.17, 15) is 4.79 Å². The molecule has 1 saturated heterocycles. The van der Waals surface area contributed by atoms with Crippen molar-refractivity contribution in [2.45, 2.75) is 13.0 Å². The van der Waals surface area contributed by atoms with Gasteiger partial charge in [-0.2, -0.15) is 0 Å². The molecule has 2 aromatic rings. The Morgan fingerprint density at radius 1 is 1.33 bits per heavy atom. The number of rotatable bonds is 2. The van der Waals surface area contributed by atoms with E-state index in [2.05, 4.69) is 10.3 Å². The van der Waals surface area contributed by atoms with Crippen molar-refractivity contribution >= 4 is 17.5 Å². The molecular formula is C16H18ClN3O. The highest BCUT2D eigenvalue weighted by atomic mass is 35.5. The number of benzene rings is 1. The van der Waals surface area contributed by atoms with Gasteiger partial charge >= 0.3 is 0 Å². The first kappa shape index (κ1) is 14.2. The van der Waals surface area contributed by atoms with Gasteiger partial charge < -0.3 is 15.2 Å². The van der Waals surface area contributed by atoms with Crippen molar-refractivity contribution in [3.8, 4) is 0 Å². The molecule has 1 amide bonds. The lowest BCUT2D eigenvalue weighted by Crippen LogP contribution is -2.48. The van der Waals surface area contributed by atoms with Crippen molar-refractivity contribution in [3.05, 3.63) is 58.4 Å². The third-order valence-corrected chi connectivity index (χ3v) is 4.30. The molecule has 0 bridgehead atoms. The summed E-state index contributed by atoms with van der Waals surface area (Å²) in [6.07, 6.45) is 3.61. The van der Waals surface area contributed by atoms with Crippen molar-refractivity contribution in [3.63, 3.8) is 0 Å². The lowest BCUT2D eigenvalue weighted by atomic mass is 10.0. The molecule has 1 aromatic carbocycles. The molecule has 0 radical (unpaired) electrons. The quantitative estimate of drug-likeness (QED) is 0.896. The van der Waals surface area contributed by atoms with Crippen LogP contribution in [0.1, 0.15) is 27.5 Å². The fraction of sp³-hybridized carbons (Fsp3) is 0.312. The lowest BCUT2D eigenvalue weighted by molar-refractivity contribution is 0.0634. The van der Waals surface area contributed by atoms with Crippen molar-refractivity contribution < 1.29 is 4.79 Å². The molecule has 1 atom stereocenters. The van der Waals surface area contributed by atoms with Gasteiger partial charge in [0.2, 0.25) is 0 Å². The number of carbonyl (C=O) groups excluding carboxylic acids is 1. The Kier molecular flexibility index (Phi) is 3.99. The molecule has 1 aliphatic rings. The first-order valence-corrected chi connectivity index (χ1v) is 7.46. The van der Waals surface area contributed by atoms with Gasteiger partial charge in [-0.15, -0.1) is 0 Å². The Morgan fingerprint density at radius 2 is 2.14 bits per heavy atom. The molecule has 2 N–H and O–H groups in total. The number of hydrogen-bond acceptors (Lipinski definition) is 2. The Bertz CT molecular complexity index is 652.